The van der Waals surface area contributed by atoms with Crippen molar-refractivity contribution in [3.63, 3.8) is 0 Å². The van der Waals surface area contributed by atoms with E-state index < -0.39 is 19.7 Å². The van der Waals surface area contributed by atoms with Crippen LogP contribution >= 0.6 is 22.7 Å². The molecule has 6 aromatic rings. The predicted octanol–water partition coefficient (Wildman–Crippen LogP) is 13.4. The molecule has 0 saturated carbocycles. The van der Waals surface area contributed by atoms with E-state index in [0.29, 0.717) is 22.6 Å². The van der Waals surface area contributed by atoms with Gasteiger partial charge >= 0.3 is 0 Å². The summed E-state index contributed by atoms with van der Waals surface area (Å²) in [7, 11) is -7.46. The summed E-state index contributed by atoms with van der Waals surface area (Å²) >= 11 is 2.81. The summed E-state index contributed by atoms with van der Waals surface area (Å²) in [6.45, 7) is 4.35. The molecule has 0 fully saturated rings. The van der Waals surface area contributed by atoms with E-state index in [4.69, 9.17) is 0 Å². The number of fused-ring (bicyclic) bond motifs is 2. The average molecular weight is 771 g/mol. The Bertz CT molecular complexity index is 2150. The number of hydrogen-bond acceptors (Lipinski definition) is 6. The number of hydrogen-bond donors (Lipinski definition) is 0. The molecule has 4 aromatic carbocycles. The van der Waals surface area contributed by atoms with Gasteiger partial charge in [0.05, 0.1) is 31.1 Å². The third kappa shape index (κ3) is 8.90. The SMILES string of the molecule is CCCCCCCCS(=O)(=O)c1cc(-c2cccc3ccccc23)sc1-c1sc(-c2cccc3ccccc23)cc1S(=O)(=O)CCCCCCCC. The molecule has 4 nitrogen and oxygen atoms in total. The van der Waals surface area contributed by atoms with Gasteiger partial charge in [0.1, 0.15) is 0 Å². The lowest BCUT2D eigenvalue weighted by molar-refractivity contribution is 0.582. The van der Waals surface area contributed by atoms with Gasteiger partial charge in [-0.05, 0) is 57.6 Å². The summed E-state index contributed by atoms with van der Waals surface area (Å²) in [6, 6.07) is 32.1. The second kappa shape index (κ2) is 17.7. The fourth-order valence-corrected chi connectivity index (χ4v) is 13.6. The molecule has 2 heterocycles. The highest BCUT2D eigenvalue weighted by Gasteiger charge is 2.31. The molecule has 274 valence electrons. The van der Waals surface area contributed by atoms with E-state index in [9.17, 15) is 16.8 Å². The van der Waals surface area contributed by atoms with Crippen LogP contribution in [0.1, 0.15) is 90.9 Å². The third-order valence-corrected chi connectivity index (χ3v) is 16.3. The van der Waals surface area contributed by atoms with Gasteiger partial charge in [0.15, 0.2) is 19.7 Å². The van der Waals surface area contributed by atoms with E-state index in [1.165, 1.54) is 22.7 Å². The summed E-state index contributed by atoms with van der Waals surface area (Å²) in [5, 5.41) is 4.22. The van der Waals surface area contributed by atoms with Crippen molar-refractivity contribution in [2.75, 3.05) is 11.5 Å². The molecule has 52 heavy (non-hydrogen) atoms. The molecule has 8 heteroatoms. The largest absolute Gasteiger partial charge is 0.224 e. The Labute approximate surface area is 318 Å². The first kappa shape index (κ1) is 38.4. The first-order valence-electron chi connectivity index (χ1n) is 18.9. The molecule has 0 atom stereocenters. The molecule has 0 spiro atoms. The average Bonchev–Trinajstić information content (AvgIpc) is 3.81. The summed E-state index contributed by atoms with van der Waals surface area (Å²) in [5.74, 6) is 0.0818. The van der Waals surface area contributed by atoms with Crippen molar-refractivity contribution in [2.45, 2.75) is 101 Å². The number of sulfone groups is 2. The fourth-order valence-electron chi connectivity index (χ4n) is 7.04. The summed E-state index contributed by atoms with van der Waals surface area (Å²) in [6.07, 6.45) is 11.7. The Morgan fingerprint density at radius 2 is 0.808 bits per heavy atom. The quantitative estimate of drug-likeness (QED) is 0.0769. The van der Waals surface area contributed by atoms with Crippen molar-refractivity contribution in [1.82, 2.24) is 0 Å². The van der Waals surface area contributed by atoms with Crippen LogP contribution in [0.25, 0.3) is 52.2 Å². The van der Waals surface area contributed by atoms with E-state index in [-0.39, 0.29) is 21.3 Å². The fraction of sp³-hybridized carbons (Fsp3) is 0.364. The van der Waals surface area contributed by atoms with Gasteiger partial charge in [-0.3, -0.25) is 0 Å². The lowest BCUT2D eigenvalue weighted by atomic mass is 10.0. The molecule has 0 aliphatic carbocycles. The number of benzene rings is 4. The minimum atomic E-state index is -3.73. The Morgan fingerprint density at radius 1 is 0.442 bits per heavy atom. The number of unbranched alkanes of at least 4 members (excludes halogenated alkanes) is 10. The standard InChI is InChI=1S/C44H50O4S4/c1-3-5-7-9-11-17-29-51(45,46)41-31-39(37-27-19-23-33-21-13-15-25-35(33)37)49-43(41)44-42(52(47,48)30-18-12-10-8-6-4-2)32-40(50-44)38-28-20-24-34-22-14-16-26-36(34)38/h13-16,19-28,31-32H,3-12,17-18,29-30H2,1-2H3. The van der Waals surface area contributed by atoms with Crippen LogP contribution in [0.15, 0.2) is 107 Å². The lowest BCUT2D eigenvalue weighted by Gasteiger charge is -2.08. The molecule has 2 aromatic heterocycles. The van der Waals surface area contributed by atoms with Crippen molar-refractivity contribution in [3.05, 3.63) is 97.1 Å². The molecule has 0 aliphatic heterocycles. The Balaban J connectivity index is 1.49. The zero-order chi connectivity index (χ0) is 36.6. The third-order valence-electron chi connectivity index (χ3n) is 9.92. The Kier molecular flexibility index (Phi) is 13.1. The minimum absolute atomic E-state index is 0.0409. The molecule has 0 unspecified atom stereocenters. The molecule has 0 saturated heterocycles. The first-order valence-corrected chi connectivity index (χ1v) is 23.9. The van der Waals surface area contributed by atoms with Crippen molar-refractivity contribution < 1.29 is 16.8 Å². The minimum Gasteiger partial charge on any atom is -0.224 e. The van der Waals surface area contributed by atoms with Gasteiger partial charge in [-0.1, -0.05) is 163 Å². The van der Waals surface area contributed by atoms with Crippen molar-refractivity contribution in [3.8, 4) is 30.6 Å². The van der Waals surface area contributed by atoms with Gasteiger partial charge in [-0.2, -0.15) is 0 Å². The molecule has 0 bridgehead atoms. The monoisotopic (exact) mass is 770 g/mol. The van der Waals surface area contributed by atoms with Crippen LogP contribution in [0.4, 0.5) is 0 Å². The highest BCUT2D eigenvalue weighted by molar-refractivity contribution is 7.92. The van der Waals surface area contributed by atoms with Crippen molar-refractivity contribution >= 4 is 63.9 Å². The summed E-state index contributed by atoms with van der Waals surface area (Å²) < 4.78 is 57.6. The van der Waals surface area contributed by atoms with Gasteiger partial charge < -0.3 is 0 Å². The van der Waals surface area contributed by atoms with Gasteiger partial charge in [0, 0.05) is 9.75 Å². The number of rotatable bonds is 19. The zero-order valence-electron chi connectivity index (χ0n) is 30.4. The Morgan fingerprint density at radius 3 is 1.23 bits per heavy atom. The van der Waals surface area contributed by atoms with Crippen LogP contribution in [0.5, 0.6) is 0 Å². The molecule has 0 aliphatic rings. The highest BCUT2D eigenvalue weighted by atomic mass is 32.2. The van der Waals surface area contributed by atoms with Crippen LogP contribution in [0, 0.1) is 0 Å². The van der Waals surface area contributed by atoms with E-state index in [1.807, 2.05) is 60.7 Å². The van der Waals surface area contributed by atoms with Crippen LogP contribution in [0.3, 0.4) is 0 Å². The van der Waals surface area contributed by atoms with Gasteiger partial charge in [0.2, 0.25) is 0 Å². The molecular weight excluding hydrogens is 721 g/mol. The van der Waals surface area contributed by atoms with Crippen molar-refractivity contribution in [1.29, 1.82) is 0 Å². The lowest BCUT2D eigenvalue weighted by Crippen LogP contribution is -2.09. The van der Waals surface area contributed by atoms with Crippen LogP contribution in [0.2, 0.25) is 0 Å². The zero-order valence-corrected chi connectivity index (χ0v) is 33.7. The Hall–Kier alpha value is -3.30. The topological polar surface area (TPSA) is 68.3 Å². The number of thiophene rings is 2. The second-order valence-corrected chi connectivity index (χ2v) is 20.1. The maximum Gasteiger partial charge on any atom is 0.179 e. The summed E-state index contributed by atoms with van der Waals surface area (Å²) in [5.41, 5.74) is 1.90. The first-order chi connectivity index (χ1) is 25.2. The van der Waals surface area contributed by atoms with Crippen LogP contribution < -0.4 is 0 Å². The van der Waals surface area contributed by atoms with E-state index in [1.54, 1.807) is 0 Å². The van der Waals surface area contributed by atoms with Crippen LogP contribution in [-0.2, 0) is 19.7 Å². The molecule has 6 rings (SSSR count). The smallest absolute Gasteiger partial charge is 0.179 e. The van der Waals surface area contributed by atoms with Crippen LogP contribution in [-0.4, -0.2) is 28.3 Å². The second-order valence-electron chi connectivity index (χ2n) is 13.8. The van der Waals surface area contributed by atoms with Gasteiger partial charge in [0.25, 0.3) is 0 Å². The van der Waals surface area contributed by atoms with Gasteiger partial charge in [-0.25, -0.2) is 16.8 Å². The normalized spacial score (nSPS) is 12.3. The molecule has 0 N–H and O–H groups in total. The predicted molar refractivity (Wildman–Crippen MR) is 224 cm³/mol. The maximum atomic E-state index is 14.4. The maximum absolute atomic E-state index is 14.4. The molecule has 0 radical (unpaired) electrons. The molecular formula is C44H50O4S4. The van der Waals surface area contributed by atoms with Gasteiger partial charge in [-0.15, -0.1) is 22.7 Å². The highest BCUT2D eigenvalue weighted by Crippen LogP contribution is 2.50. The summed E-state index contributed by atoms with van der Waals surface area (Å²) in [4.78, 5) is 3.21. The van der Waals surface area contributed by atoms with E-state index in [0.717, 1.165) is 107 Å². The van der Waals surface area contributed by atoms with E-state index in [2.05, 4.69) is 50.2 Å². The molecule has 0 amide bonds. The van der Waals surface area contributed by atoms with Crippen molar-refractivity contribution in [2.24, 2.45) is 0 Å². The van der Waals surface area contributed by atoms with E-state index >= 15 is 0 Å².